The van der Waals surface area contributed by atoms with Gasteiger partial charge in [-0.05, 0) is 96.3 Å². The van der Waals surface area contributed by atoms with Crippen LogP contribution in [0.3, 0.4) is 0 Å². The van der Waals surface area contributed by atoms with Crippen molar-refractivity contribution in [2.45, 2.75) is 303 Å². The normalized spacial score (nSPS) is 12.9. The Balaban J connectivity index is 4.43. The summed E-state index contributed by atoms with van der Waals surface area (Å²) in [6, 6.07) is 0. The average Bonchev–Trinajstić information content (AvgIpc) is 3.44. The number of unbranched alkanes of at least 4 members (excludes halogenated alkanes) is 27. The van der Waals surface area contributed by atoms with Gasteiger partial charge in [0.1, 0.15) is 13.2 Å². The summed E-state index contributed by atoms with van der Waals surface area (Å²) in [5.41, 5.74) is 0. The molecule has 0 aromatic carbocycles. The molecule has 6 nitrogen and oxygen atoms in total. The number of rotatable bonds is 58. The van der Waals surface area contributed by atoms with Gasteiger partial charge in [-0.3, -0.25) is 14.4 Å². The van der Waals surface area contributed by atoms with Crippen LogP contribution in [-0.4, -0.2) is 37.2 Å². The molecule has 0 aliphatic carbocycles. The summed E-state index contributed by atoms with van der Waals surface area (Å²) in [6.07, 6.45) is 90.7. The standard InChI is InChI=1S/C72H120O6/c1-4-7-10-13-16-19-22-25-28-31-33-34-35-36-37-38-40-41-44-47-50-53-56-59-62-65-71(74)77-68-69(67-76-70(73)64-61-58-55-52-49-46-43-30-27-24-21-18-15-12-9-6-3)78-72(75)66-63-60-57-54-51-48-45-42-39-32-29-26-23-20-17-14-11-8-5-2/h7-8,10-11,16-17,19-20,25-26,28-29,33-34,39,42,48,51,57,60,69H,4-6,9,12-15,18,21-24,27,30-32,35-38,40-41,43-47,49-50,52-56,58-59,61-68H2,1-3H3/b10-7-,11-8-,19-16-,20-17-,28-25-,29-26-,34-33-,42-39-,51-48-,60-57-. The van der Waals surface area contributed by atoms with Gasteiger partial charge in [-0.1, -0.05) is 303 Å². The Morgan fingerprint density at radius 3 is 0.833 bits per heavy atom. The summed E-state index contributed by atoms with van der Waals surface area (Å²) >= 11 is 0. The number of carbonyl (C=O) groups excluding carboxylic acids is 3. The second-order valence-electron chi connectivity index (χ2n) is 21.3. The summed E-state index contributed by atoms with van der Waals surface area (Å²) in [5.74, 6) is -0.986. The topological polar surface area (TPSA) is 78.9 Å². The van der Waals surface area contributed by atoms with E-state index in [1.54, 1.807) is 0 Å². The lowest BCUT2D eigenvalue weighted by Crippen LogP contribution is -2.30. The molecule has 1 unspecified atom stereocenters. The number of hydrogen-bond donors (Lipinski definition) is 0. The van der Waals surface area contributed by atoms with E-state index in [4.69, 9.17) is 14.2 Å². The van der Waals surface area contributed by atoms with Crippen molar-refractivity contribution in [1.82, 2.24) is 0 Å². The van der Waals surface area contributed by atoms with E-state index in [1.165, 1.54) is 148 Å². The van der Waals surface area contributed by atoms with Crippen LogP contribution in [0.25, 0.3) is 0 Å². The van der Waals surface area contributed by atoms with Gasteiger partial charge in [-0.15, -0.1) is 0 Å². The Hall–Kier alpha value is -4.19. The van der Waals surface area contributed by atoms with Gasteiger partial charge in [-0.2, -0.15) is 0 Å². The Bertz CT molecular complexity index is 1620. The van der Waals surface area contributed by atoms with Crippen molar-refractivity contribution in [3.8, 4) is 0 Å². The van der Waals surface area contributed by atoms with Crippen LogP contribution >= 0.6 is 0 Å². The Labute approximate surface area is 482 Å². The SMILES string of the molecule is CC/C=C\C/C=C\C/C=C\C/C=C\C/C=C\C/C=C\CCC(=O)OC(COC(=O)CCCCCCCCCCCCCC/C=C\C/C=C\C/C=C\C/C=C\CC)COC(=O)CCCCCCCCCCCCCCCCCC. The zero-order valence-corrected chi connectivity index (χ0v) is 50.9. The van der Waals surface area contributed by atoms with E-state index in [2.05, 4.69) is 136 Å². The highest BCUT2D eigenvalue weighted by atomic mass is 16.6. The minimum atomic E-state index is -0.822. The van der Waals surface area contributed by atoms with Gasteiger partial charge < -0.3 is 14.2 Å². The van der Waals surface area contributed by atoms with Crippen molar-refractivity contribution in [3.05, 3.63) is 122 Å². The number of ether oxygens (including phenoxy) is 3. The molecule has 6 heteroatoms. The molecule has 0 aromatic heterocycles. The first-order valence-electron chi connectivity index (χ1n) is 32.5. The van der Waals surface area contributed by atoms with E-state index in [0.29, 0.717) is 19.3 Å². The number of carbonyl (C=O) groups is 3. The third-order valence-corrected chi connectivity index (χ3v) is 13.7. The minimum absolute atomic E-state index is 0.108. The first-order valence-corrected chi connectivity index (χ1v) is 32.5. The predicted octanol–water partition coefficient (Wildman–Crippen LogP) is 22.4. The Morgan fingerprint density at radius 2 is 0.526 bits per heavy atom. The van der Waals surface area contributed by atoms with Gasteiger partial charge in [0, 0.05) is 19.3 Å². The van der Waals surface area contributed by atoms with Crippen molar-refractivity contribution in [2.75, 3.05) is 13.2 Å². The van der Waals surface area contributed by atoms with Crippen molar-refractivity contribution in [1.29, 1.82) is 0 Å². The van der Waals surface area contributed by atoms with Gasteiger partial charge >= 0.3 is 17.9 Å². The molecule has 0 saturated heterocycles. The molecule has 0 amide bonds. The molecule has 1 atom stereocenters. The van der Waals surface area contributed by atoms with E-state index in [1.807, 2.05) is 6.08 Å². The molecular formula is C72H120O6. The molecule has 0 rings (SSSR count). The van der Waals surface area contributed by atoms with Crippen LogP contribution in [0.5, 0.6) is 0 Å². The fourth-order valence-corrected chi connectivity index (χ4v) is 8.93. The van der Waals surface area contributed by atoms with Crippen LogP contribution in [0, 0.1) is 0 Å². The largest absolute Gasteiger partial charge is 0.462 e. The highest BCUT2D eigenvalue weighted by Gasteiger charge is 2.19. The van der Waals surface area contributed by atoms with Crippen LogP contribution in [0.2, 0.25) is 0 Å². The van der Waals surface area contributed by atoms with E-state index in [9.17, 15) is 14.4 Å². The molecule has 0 aliphatic heterocycles. The van der Waals surface area contributed by atoms with Crippen LogP contribution in [0.4, 0.5) is 0 Å². The highest BCUT2D eigenvalue weighted by molar-refractivity contribution is 5.71. The predicted molar refractivity (Wildman–Crippen MR) is 339 cm³/mol. The van der Waals surface area contributed by atoms with Crippen LogP contribution < -0.4 is 0 Å². The fraction of sp³-hybridized carbons (Fsp3) is 0.681. The molecule has 0 saturated carbocycles. The summed E-state index contributed by atoms with van der Waals surface area (Å²) in [6.45, 7) is 6.38. The van der Waals surface area contributed by atoms with E-state index in [0.717, 1.165) is 103 Å². The molecule has 0 spiro atoms. The van der Waals surface area contributed by atoms with E-state index >= 15 is 0 Å². The number of hydrogen-bond acceptors (Lipinski definition) is 6. The monoisotopic (exact) mass is 1080 g/mol. The smallest absolute Gasteiger partial charge is 0.306 e. The molecule has 0 bridgehead atoms. The quantitative estimate of drug-likeness (QED) is 0.0261. The second-order valence-corrected chi connectivity index (χ2v) is 21.3. The van der Waals surface area contributed by atoms with Gasteiger partial charge in [0.25, 0.3) is 0 Å². The maximum absolute atomic E-state index is 12.9. The zero-order valence-electron chi connectivity index (χ0n) is 50.9. The van der Waals surface area contributed by atoms with Crippen LogP contribution in [-0.2, 0) is 28.6 Å². The summed E-state index contributed by atoms with van der Waals surface area (Å²) < 4.78 is 16.9. The van der Waals surface area contributed by atoms with Gasteiger partial charge in [0.05, 0.1) is 0 Å². The zero-order chi connectivity index (χ0) is 56.4. The molecule has 0 aliphatic rings. The van der Waals surface area contributed by atoms with Gasteiger partial charge in [-0.25, -0.2) is 0 Å². The Morgan fingerprint density at radius 1 is 0.269 bits per heavy atom. The molecule has 444 valence electrons. The lowest BCUT2D eigenvalue weighted by Gasteiger charge is -2.18. The maximum Gasteiger partial charge on any atom is 0.306 e. The van der Waals surface area contributed by atoms with Crippen LogP contribution in [0.15, 0.2) is 122 Å². The van der Waals surface area contributed by atoms with Crippen molar-refractivity contribution in [3.63, 3.8) is 0 Å². The number of allylic oxidation sites excluding steroid dienone is 20. The molecule has 0 radical (unpaired) electrons. The maximum atomic E-state index is 12.9. The van der Waals surface area contributed by atoms with E-state index < -0.39 is 12.1 Å². The third-order valence-electron chi connectivity index (χ3n) is 13.7. The molecular weight excluding hydrogens is 961 g/mol. The first kappa shape index (κ1) is 73.8. The molecule has 0 N–H and O–H groups in total. The van der Waals surface area contributed by atoms with Crippen molar-refractivity contribution < 1.29 is 28.6 Å². The highest BCUT2D eigenvalue weighted by Crippen LogP contribution is 2.16. The first-order chi connectivity index (χ1) is 38.5. The molecule has 0 heterocycles. The van der Waals surface area contributed by atoms with Crippen molar-refractivity contribution >= 4 is 17.9 Å². The molecule has 0 aromatic rings. The summed E-state index contributed by atoms with van der Waals surface area (Å²) in [7, 11) is 0. The second kappa shape index (κ2) is 65.3. The Kier molecular flexibility index (Phi) is 61.8. The molecule has 0 fully saturated rings. The third kappa shape index (κ3) is 62.7. The van der Waals surface area contributed by atoms with E-state index in [-0.39, 0.29) is 31.6 Å². The lowest BCUT2D eigenvalue weighted by atomic mass is 10.0. The number of esters is 3. The fourth-order valence-electron chi connectivity index (χ4n) is 8.93. The summed E-state index contributed by atoms with van der Waals surface area (Å²) in [5, 5.41) is 0. The molecule has 78 heavy (non-hydrogen) atoms. The summed E-state index contributed by atoms with van der Waals surface area (Å²) in [4.78, 5) is 38.3. The van der Waals surface area contributed by atoms with Crippen molar-refractivity contribution in [2.24, 2.45) is 0 Å². The average molecular weight is 1080 g/mol. The van der Waals surface area contributed by atoms with Gasteiger partial charge in [0.15, 0.2) is 6.10 Å². The lowest BCUT2D eigenvalue weighted by molar-refractivity contribution is -0.166. The van der Waals surface area contributed by atoms with Gasteiger partial charge in [0.2, 0.25) is 0 Å². The van der Waals surface area contributed by atoms with Crippen LogP contribution in [0.1, 0.15) is 297 Å². The minimum Gasteiger partial charge on any atom is -0.462 e.